The van der Waals surface area contributed by atoms with E-state index in [9.17, 15) is 4.79 Å². The van der Waals surface area contributed by atoms with Gasteiger partial charge in [-0.25, -0.2) is 5.43 Å². The van der Waals surface area contributed by atoms with Crippen LogP contribution >= 0.6 is 0 Å². The Labute approximate surface area is 129 Å². The molecular formula is C17H18N2O3. The highest BCUT2D eigenvalue weighted by Crippen LogP contribution is 2.12. The van der Waals surface area contributed by atoms with Crippen molar-refractivity contribution < 1.29 is 14.3 Å². The van der Waals surface area contributed by atoms with E-state index < -0.39 is 0 Å². The molecule has 2 aromatic carbocycles. The first-order valence-electron chi connectivity index (χ1n) is 6.93. The average Bonchev–Trinajstić information content (AvgIpc) is 2.56. The Balaban J connectivity index is 1.94. The predicted molar refractivity (Wildman–Crippen MR) is 85.7 cm³/mol. The smallest absolute Gasteiger partial charge is 0.271 e. The monoisotopic (exact) mass is 298 g/mol. The van der Waals surface area contributed by atoms with Crippen LogP contribution in [0.5, 0.6) is 11.5 Å². The minimum Gasteiger partial charge on any atom is -0.497 e. The van der Waals surface area contributed by atoms with Gasteiger partial charge in [0, 0.05) is 5.56 Å². The molecule has 5 nitrogen and oxygen atoms in total. The summed E-state index contributed by atoms with van der Waals surface area (Å²) in [4.78, 5) is 11.9. The Morgan fingerprint density at radius 1 is 1.18 bits per heavy atom. The van der Waals surface area contributed by atoms with E-state index in [2.05, 4.69) is 10.5 Å². The summed E-state index contributed by atoms with van der Waals surface area (Å²) < 4.78 is 10.4. The SMILES string of the molecule is CCOc1ccc(/C=N\NC(=O)c2cccc(OC)c2)cc1. The van der Waals surface area contributed by atoms with Gasteiger partial charge >= 0.3 is 0 Å². The lowest BCUT2D eigenvalue weighted by Crippen LogP contribution is -2.17. The number of benzene rings is 2. The van der Waals surface area contributed by atoms with Gasteiger partial charge in [0.1, 0.15) is 11.5 Å². The largest absolute Gasteiger partial charge is 0.497 e. The lowest BCUT2D eigenvalue weighted by atomic mass is 10.2. The molecule has 0 aliphatic heterocycles. The maximum absolute atomic E-state index is 11.9. The summed E-state index contributed by atoms with van der Waals surface area (Å²) in [7, 11) is 1.56. The molecule has 0 radical (unpaired) electrons. The molecule has 22 heavy (non-hydrogen) atoms. The summed E-state index contributed by atoms with van der Waals surface area (Å²) in [5.74, 6) is 1.14. The van der Waals surface area contributed by atoms with Crippen LogP contribution < -0.4 is 14.9 Å². The quantitative estimate of drug-likeness (QED) is 0.659. The second-order valence-corrected chi connectivity index (χ2v) is 4.43. The van der Waals surface area contributed by atoms with E-state index in [1.807, 2.05) is 31.2 Å². The fourth-order valence-electron chi connectivity index (χ4n) is 1.81. The number of hydrazone groups is 1. The molecule has 0 atom stereocenters. The van der Waals surface area contributed by atoms with Gasteiger partial charge < -0.3 is 9.47 Å². The molecule has 0 unspecified atom stereocenters. The maximum Gasteiger partial charge on any atom is 0.271 e. The molecule has 5 heteroatoms. The Morgan fingerprint density at radius 3 is 2.64 bits per heavy atom. The Morgan fingerprint density at radius 2 is 1.95 bits per heavy atom. The van der Waals surface area contributed by atoms with Crippen molar-refractivity contribution in [3.05, 3.63) is 59.7 Å². The number of hydrogen-bond donors (Lipinski definition) is 1. The fraction of sp³-hybridized carbons (Fsp3) is 0.176. The number of amides is 1. The second-order valence-electron chi connectivity index (χ2n) is 4.43. The van der Waals surface area contributed by atoms with Crippen LogP contribution in [0.3, 0.4) is 0 Å². The number of nitrogens with one attached hydrogen (secondary N) is 1. The molecule has 0 aromatic heterocycles. The van der Waals surface area contributed by atoms with Crippen molar-refractivity contribution in [2.75, 3.05) is 13.7 Å². The van der Waals surface area contributed by atoms with Crippen LogP contribution in [0.1, 0.15) is 22.8 Å². The lowest BCUT2D eigenvalue weighted by molar-refractivity contribution is 0.0955. The van der Waals surface area contributed by atoms with Crippen molar-refractivity contribution in [1.82, 2.24) is 5.43 Å². The maximum atomic E-state index is 11.9. The zero-order valence-electron chi connectivity index (χ0n) is 12.6. The minimum atomic E-state index is -0.291. The van der Waals surface area contributed by atoms with E-state index in [1.54, 1.807) is 37.6 Å². The third kappa shape index (κ3) is 4.34. The summed E-state index contributed by atoms with van der Waals surface area (Å²) in [5, 5.41) is 3.94. The number of carbonyl (C=O) groups excluding carboxylic acids is 1. The highest BCUT2D eigenvalue weighted by atomic mass is 16.5. The van der Waals surface area contributed by atoms with E-state index >= 15 is 0 Å². The topological polar surface area (TPSA) is 59.9 Å². The molecule has 0 aliphatic rings. The summed E-state index contributed by atoms with van der Waals surface area (Å²) >= 11 is 0. The Bertz CT molecular complexity index is 651. The molecule has 0 heterocycles. The summed E-state index contributed by atoms with van der Waals surface area (Å²) in [5.41, 5.74) is 3.84. The van der Waals surface area contributed by atoms with Crippen molar-refractivity contribution in [1.29, 1.82) is 0 Å². The normalized spacial score (nSPS) is 10.5. The van der Waals surface area contributed by atoms with Gasteiger partial charge in [0.2, 0.25) is 0 Å². The van der Waals surface area contributed by atoms with Crippen LogP contribution in [0.4, 0.5) is 0 Å². The number of rotatable bonds is 6. The number of methoxy groups -OCH3 is 1. The van der Waals surface area contributed by atoms with Gasteiger partial charge in [0.15, 0.2) is 0 Å². The van der Waals surface area contributed by atoms with E-state index in [-0.39, 0.29) is 5.91 Å². The zero-order valence-corrected chi connectivity index (χ0v) is 12.6. The molecule has 2 aromatic rings. The van der Waals surface area contributed by atoms with Gasteiger partial charge in [-0.15, -0.1) is 0 Å². The van der Waals surface area contributed by atoms with E-state index in [0.717, 1.165) is 11.3 Å². The highest BCUT2D eigenvalue weighted by molar-refractivity contribution is 5.95. The van der Waals surface area contributed by atoms with E-state index in [4.69, 9.17) is 9.47 Å². The van der Waals surface area contributed by atoms with Crippen molar-refractivity contribution >= 4 is 12.1 Å². The van der Waals surface area contributed by atoms with Gasteiger partial charge in [-0.1, -0.05) is 6.07 Å². The molecule has 2 rings (SSSR count). The van der Waals surface area contributed by atoms with Crippen LogP contribution in [-0.2, 0) is 0 Å². The summed E-state index contributed by atoms with van der Waals surface area (Å²) in [6.45, 7) is 2.56. The number of hydrogen-bond acceptors (Lipinski definition) is 4. The first-order chi connectivity index (χ1) is 10.7. The molecule has 0 fully saturated rings. The zero-order chi connectivity index (χ0) is 15.8. The summed E-state index contributed by atoms with van der Waals surface area (Å²) in [6.07, 6.45) is 1.58. The van der Waals surface area contributed by atoms with Crippen molar-refractivity contribution in [3.63, 3.8) is 0 Å². The van der Waals surface area contributed by atoms with Crippen molar-refractivity contribution in [2.24, 2.45) is 5.10 Å². The molecule has 0 saturated heterocycles. The van der Waals surface area contributed by atoms with Gasteiger partial charge in [-0.3, -0.25) is 4.79 Å². The molecule has 0 spiro atoms. The highest BCUT2D eigenvalue weighted by Gasteiger charge is 2.04. The Kier molecular flexibility index (Phi) is 5.54. The van der Waals surface area contributed by atoms with Gasteiger partial charge in [-0.2, -0.15) is 5.10 Å². The molecule has 0 saturated carbocycles. The fourth-order valence-corrected chi connectivity index (χ4v) is 1.81. The van der Waals surface area contributed by atoms with E-state index in [1.165, 1.54) is 0 Å². The third-order valence-electron chi connectivity index (χ3n) is 2.90. The predicted octanol–water partition coefficient (Wildman–Crippen LogP) is 2.86. The van der Waals surface area contributed by atoms with Crippen LogP contribution in [0, 0.1) is 0 Å². The van der Waals surface area contributed by atoms with Crippen LogP contribution in [0.15, 0.2) is 53.6 Å². The van der Waals surface area contributed by atoms with Gasteiger partial charge in [-0.05, 0) is 55.0 Å². The molecule has 0 aliphatic carbocycles. The number of carbonyl (C=O) groups is 1. The molecule has 1 amide bonds. The van der Waals surface area contributed by atoms with Crippen molar-refractivity contribution in [3.8, 4) is 11.5 Å². The molecular weight excluding hydrogens is 280 g/mol. The van der Waals surface area contributed by atoms with Crippen LogP contribution in [0.2, 0.25) is 0 Å². The second kappa shape index (κ2) is 7.83. The molecule has 114 valence electrons. The standard InChI is InChI=1S/C17H18N2O3/c1-3-22-15-9-7-13(8-10-15)12-18-19-17(20)14-5-4-6-16(11-14)21-2/h4-12H,3H2,1-2H3,(H,19,20)/b18-12-. The van der Waals surface area contributed by atoms with Gasteiger partial charge in [0.05, 0.1) is 19.9 Å². The lowest BCUT2D eigenvalue weighted by Gasteiger charge is -2.03. The summed E-state index contributed by atoms with van der Waals surface area (Å²) in [6, 6.07) is 14.3. The number of ether oxygens (including phenoxy) is 2. The van der Waals surface area contributed by atoms with E-state index in [0.29, 0.717) is 17.9 Å². The Hall–Kier alpha value is -2.82. The minimum absolute atomic E-state index is 0.291. The molecule has 0 bridgehead atoms. The third-order valence-corrected chi connectivity index (χ3v) is 2.90. The average molecular weight is 298 g/mol. The van der Waals surface area contributed by atoms with Crippen molar-refractivity contribution in [2.45, 2.75) is 6.92 Å². The van der Waals surface area contributed by atoms with Crippen LogP contribution in [-0.4, -0.2) is 25.8 Å². The first-order valence-corrected chi connectivity index (χ1v) is 6.93. The first kappa shape index (κ1) is 15.6. The van der Waals surface area contributed by atoms with Gasteiger partial charge in [0.25, 0.3) is 5.91 Å². The molecule has 1 N–H and O–H groups in total. The number of nitrogens with zero attached hydrogens (tertiary/aromatic N) is 1. The van der Waals surface area contributed by atoms with Crippen LogP contribution in [0.25, 0.3) is 0 Å².